The van der Waals surface area contributed by atoms with Crippen molar-refractivity contribution in [1.29, 1.82) is 0 Å². The highest BCUT2D eigenvalue weighted by Gasteiger charge is 2.19. The third kappa shape index (κ3) is 4.12. The predicted octanol–water partition coefficient (Wildman–Crippen LogP) is 3.78. The van der Waals surface area contributed by atoms with Crippen molar-refractivity contribution in [3.63, 3.8) is 0 Å². The number of hydrogen-bond donors (Lipinski definition) is 2. The van der Waals surface area contributed by atoms with Gasteiger partial charge in [-0.1, -0.05) is 13.3 Å². The fraction of sp³-hybridized carbons (Fsp3) is 0.300. The van der Waals surface area contributed by atoms with Crippen molar-refractivity contribution in [2.45, 2.75) is 40.2 Å². The summed E-state index contributed by atoms with van der Waals surface area (Å²) in [6.45, 7) is 5.90. The normalized spacial score (nSPS) is 10.8. The van der Waals surface area contributed by atoms with Gasteiger partial charge in [-0.3, -0.25) is 19.0 Å². The maximum Gasteiger partial charge on any atom is 0.266 e. The minimum Gasteiger partial charge on any atom is -0.326 e. The lowest BCUT2D eigenvalue weighted by molar-refractivity contribution is -0.114. The van der Waals surface area contributed by atoms with Gasteiger partial charge in [-0.15, -0.1) is 11.3 Å². The number of hydrogen-bond acceptors (Lipinski definition) is 5. The summed E-state index contributed by atoms with van der Waals surface area (Å²) in [4.78, 5) is 42.0. The molecule has 0 aliphatic carbocycles. The molecule has 3 rings (SSSR count). The van der Waals surface area contributed by atoms with Gasteiger partial charge in [0.15, 0.2) is 0 Å². The lowest BCUT2D eigenvalue weighted by Gasteiger charge is -2.06. The van der Waals surface area contributed by atoms with Crippen LogP contribution >= 0.6 is 11.3 Å². The van der Waals surface area contributed by atoms with Crippen molar-refractivity contribution >= 4 is 44.7 Å². The van der Waals surface area contributed by atoms with Crippen molar-refractivity contribution < 1.29 is 9.59 Å². The Bertz CT molecular complexity index is 1080. The van der Waals surface area contributed by atoms with Crippen LogP contribution in [-0.4, -0.2) is 21.4 Å². The van der Waals surface area contributed by atoms with Crippen molar-refractivity contribution in [2.24, 2.45) is 0 Å². The summed E-state index contributed by atoms with van der Waals surface area (Å²) in [7, 11) is 0. The summed E-state index contributed by atoms with van der Waals surface area (Å²) in [5.74, 6) is -0.443. The maximum absolute atomic E-state index is 12.7. The van der Waals surface area contributed by atoms with Gasteiger partial charge < -0.3 is 10.6 Å². The number of nitrogens with one attached hydrogen (secondary N) is 2. The second-order valence-electron chi connectivity index (χ2n) is 6.55. The molecule has 0 fully saturated rings. The van der Waals surface area contributed by atoms with Gasteiger partial charge in [-0.25, -0.2) is 4.98 Å². The number of amides is 2. The number of aromatic nitrogens is 2. The number of benzene rings is 1. The fourth-order valence-corrected chi connectivity index (χ4v) is 3.93. The standard InChI is InChI=1S/C20H22N4O3S/c1-4-5-10-24-11-21-19-16(20(24)27)12(2)17(28-19)18(26)23-15-8-6-14(7-9-15)22-13(3)25/h6-9,11H,4-5,10H2,1-3H3,(H,22,25)(H,23,26). The first kappa shape index (κ1) is 19.8. The molecule has 0 saturated heterocycles. The Kier molecular flexibility index (Phi) is 5.89. The summed E-state index contributed by atoms with van der Waals surface area (Å²) in [5.41, 5.74) is 1.80. The molecule has 2 heterocycles. The molecule has 7 nitrogen and oxygen atoms in total. The van der Waals surface area contributed by atoms with E-state index < -0.39 is 0 Å². The molecule has 1 aromatic carbocycles. The lowest BCUT2D eigenvalue weighted by atomic mass is 10.2. The summed E-state index contributed by atoms with van der Waals surface area (Å²) in [6.07, 6.45) is 3.44. The maximum atomic E-state index is 12.7. The molecule has 146 valence electrons. The largest absolute Gasteiger partial charge is 0.326 e. The van der Waals surface area contributed by atoms with Crippen LogP contribution < -0.4 is 16.2 Å². The second-order valence-corrected chi connectivity index (χ2v) is 7.54. The predicted molar refractivity (Wildman–Crippen MR) is 112 cm³/mol. The Labute approximate surface area is 166 Å². The monoisotopic (exact) mass is 398 g/mol. The molecule has 0 saturated carbocycles. The average Bonchev–Trinajstić information content (AvgIpc) is 3.00. The Morgan fingerprint density at radius 3 is 2.39 bits per heavy atom. The number of aryl methyl sites for hydroxylation is 2. The summed E-state index contributed by atoms with van der Waals surface area (Å²) < 4.78 is 1.61. The van der Waals surface area contributed by atoms with E-state index in [0.29, 0.717) is 38.6 Å². The zero-order valence-corrected chi connectivity index (χ0v) is 16.9. The molecule has 8 heteroatoms. The molecule has 0 aliphatic rings. The smallest absolute Gasteiger partial charge is 0.266 e. The second kappa shape index (κ2) is 8.35. The zero-order valence-electron chi connectivity index (χ0n) is 16.0. The summed E-state index contributed by atoms with van der Waals surface area (Å²) in [5, 5.41) is 6.02. The number of carbonyl (C=O) groups is 2. The van der Waals surface area contributed by atoms with E-state index >= 15 is 0 Å². The molecule has 2 amide bonds. The van der Waals surface area contributed by atoms with Crippen molar-refractivity contribution in [2.75, 3.05) is 10.6 Å². The molecule has 0 unspecified atom stereocenters. The van der Waals surface area contributed by atoms with Gasteiger partial charge in [0.05, 0.1) is 16.6 Å². The van der Waals surface area contributed by atoms with E-state index in [1.165, 1.54) is 18.3 Å². The van der Waals surface area contributed by atoms with E-state index in [4.69, 9.17) is 0 Å². The van der Waals surface area contributed by atoms with Crippen LogP contribution in [0.5, 0.6) is 0 Å². The highest BCUT2D eigenvalue weighted by atomic mass is 32.1. The van der Waals surface area contributed by atoms with Crippen molar-refractivity contribution in [3.8, 4) is 0 Å². The first-order valence-corrected chi connectivity index (χ1v) is 9.90. The molecule has 0 radical (unpaired) electrons. The van der Waals surface area contributed by atoms with Gasteiger partial charge in [-0.2, -0.15) is 0 Å². The zero-order chi connectivity index (χ0) is 20.3. The minimum absolute atomic E-state index is 0.106. The van der Waals surface area contributed by atoms with Crippen LogP contribution in [0.25, 0.3) is 10.2 Å². The quantitative estimate of drug-likeness (QED) is 0.661. The fourth-order valence-electron chi connectivity index (χ4n) is 2.89. The number of anilines is 2. The minimum atomic E-state index is -0.285. The number of nitrogens with zero attached hydrogens (tertiary/aromatic N) is 2. The Hall–Kier alpha value is -3.00. The molecule has 28 heavy (non-hydrogen) atoms. The Morgan fingerprint density at radius 1 is 1.14 bits per heavy atom. The number of rotatable bonds is 6. The van der Waals surface area contributed by atoms with Crippen LogP contribution in [0.3, 0.4) is 0 Å². The van der Waals surface area contributed by atoms with Crippen LogP contribution in [0.4, 0.5) is 11.4 Å². The van der Waals surface area contributed by atoms with Crippen LogP contribution in [-0.2, 0) is 11.3 Å². The van der Waals surface area contributed by atoms with Gasteiger partial charge in [0.2, 0.25) is 5.91 Å². The molecule has 0 bridgehead atoms. The summed E-state index contributed by atoms with van der Waals surface area (Å²) >= 11 is 1.22. The van der Waals surface area contributed by atoms with Crippen LogP contribution in [0.15, 0.2) is 35.4 Å². The van der Waals surface area contributed by atoms with Crippen LogP contribution in [0.2, 0.25) is 0 Å². The molecule has 0 atom stereocenters. The SMILES string of the molecule is CCCCn1cnc2sc(C(=O)Nc3ccc(NC(C)=O)cc3)c(C)c2c1=O. The third-order valence-electron chi connectivity index (χ3n) is 4.34. The molecule has 2 N–H and O–H groups in total. The first-order valence-electron chi connectivity index (χ1n) is 9.08. The molecular weight excluding hydrogens is 376 g/mol. The van der Waals surface area contributed by atoms with E-state index in [1.807, 2.05) is 0 Å². The van der Waals surface area contributed by atoms with E-state index in [9.17, 15) is 14.4 Å². The van der Waals surface area contributed by atoms with Gasteiger partial charge >= 0.3 is 0 Å². The molecule has 0 spiro atoms. The van der Waals surface area contributed by atoms with Gasteiger partial charge in [-0.05, 0) is 43.2 Å². The van der Waals surface area contributed by atoms with Crippen molar-refractivity contribution in [3.05, 3.63) is 51.4 Å². The van der Waals surface area contributed by atoms with Gasteiger partial charge in [0, 0.05) is 24.8 Å². The number of carbonyl (C=O) groups excluding carboxylic acids is 2. The lowest BCUT2D eigenvalue weighted by Crippen LogP contribution is -2.20. The van der Waals surface area contributed by atoms with Crippen LogP contribution in [0, 0.1) is 6.92 Å². The van der Waals surface area contributed by atoms with E-state index in [2.05, 4.69) is 22.5 Å². The Morgan fingerprint density at radius 2 is 1.79 bits per heavy atom. The van der Waals surface area contributed by atoms with E-state index in [-0.39, 0.29) is 17.4 Å². The van der Waals surface area contributed by atoms with Crippen molar-refractivity contribution in [1.82, 2.24) is 9.55 Å². The average molecular weight is 398 g/mol. The number of fused-ring (bicyclic) bond motifs is 1. The van der Waals surface area contributed by atoms with Gasteiger partial charge in [0.25, 0.3) is 11.5 Å². The molecular formula is C20H22N4O3S. The van der Waals surface area contributed by atoms with Crippen LogP contribution in [0.1, 0.15) is 41.9 Å². The topological polar surface area (TPSA) is 93.1 Å². The molecule has 0 aliphatic heterocycles. The van der Waals surface area contributed by atoms with Gasteiger partial charge in [0.1, 0.15) is 4.83 Å². The molecule has 3 aromatic rings. The Balaban J connectivity index is 1.85. The third-order valence-corrected chi connectivity index (χ3v) is 5.54. The highest BCUT2D eigenvalue weighted by Crippen LogP contribution is 2.27. The van der Waals surface area contributed by atoms with E-state index in [1.54, 1.807) is 42.1 Å². The first-order chi connectivity index (χ1) is 13.4. The number of unbranched alkanes of at least 4 members (excludes halogenated alkanes) is 1. The van der Waals surface area contributed by atoms with E-state index in [0.717, 1.165) is 12.8 Å². The number of thiophene rings is 1. The highest BCUT2D eigenvalue weighted by molar-refractivity contribution is 7.20. The molecule has 2 aromatic heterocycles. The summed E-state index contributed by atoms with van der Waals surface area (Å²) in [6, 6.07) is 6.84.